The molecule has 1 aromatic heterocycles. The van der Waals surface area contributed by atoms with Gasteiger partial charge in [0.15, 0.2) is 5.82 Å². The van der Waals surface area contributed by atoms with E-state index >= 15 is 0 Å². The fourth-order valence-corrected chi connectivity index (χ4v) is 4.12. The number of aromatic nitrogens is 2. The second-order valence-corrected chi connectivity index (χ2v) is 8.09. The number of aromatic amines is 1. The molecule has 0 aliphatic carbocycles. The van der Waals surface area contributed by atoms with Gasteiger partial charge in [-0.15, -0.1) is 0 Å². The van der Waals surface area contributed by atoms with Gasteiger partial charge in [0.25, 0.3) is 5.91 Å². The summed E-state index contributed by atoms with van der Waals surface area (Å²) in [5, 5.41) is 17.1. The Morgan fingerprint density at radius 1 is 1.26 bits per heavy atom. The first-order valence-corrected chi connectivity index (χ1v) is 10.7. The van der Waals surface area contributed by atoms with Crippen LogP contribution in [-0.4, -0.2) is 47.6 Å². The van der Waals surface area contributed by atoms with Gasteiger partial charge in [0.05, 0.1) is 12.4 Å². The van der Waals surface area contributed by atoms with E-state index in [0.717, 1.165) is 59.7 Å². The maximum Gasteiger partial charge on any atom is 0.251 e. The number of amidine groups is 1. The van der Waals surface area contributed by atoms with E-state index in [1.165, 1.54) is 0 Å². The number of rotatable bonds is 5. The Bertz CT molecular complexity index is 1060. The summed E-state index contributed by atoms with van der Waals surface area (Å²) < 4.78 is 0. The summed E-state index contributed by atoms with van der Waals surface area (Å²) in [7, 11) is 0. The van der Waals surface area contributed by atoms with Gasteiger partial charge >= 0.3 is 0 Å². The number of nitrogens with one attached hydrogen (secondary N) is 5. The third kappa shape index (κ3) is 4.23. The maximum atomic E-state index is 12.8. The number of hydrogen-bond acceptors (Lipinski definition) is 6. The van der Waals surface area contributed by atoms with Crippen LogP contribution in [-0.2, 0) is 0 Å². The Morgan fingerprint density at radius 2 is 2.13 bits per heavy atom. The van der Waals surface area contributed by atoms with E-state index in [1.54, 1.807) is 0 Å². The minimum Gasteiger partial charge on any atom is -0.349 e. The highest BCUT2D eigenvalue weighted by atomic mass is 16.1. The molecule has 4 heterocycles. The van der Waals surface area contributed by atoms with Gasteiger partial charge in [-0.3, -0.25) is 15.2 Å². The van der Waals surface area contributed by atoms with Gasteiger partial charge in [0.1, 0.15) is 12.7 Å². The van der Waals surface area contributed by atoms with E-state index in [4.69, 9.17) is 0 Å². The number of H-pyrrole nitrogens is 1. The Kier molecular flexibility index (Phi) is 5.27. The number of carbonyl (C=O) groups is 1. The Labute approximate surface area is 180 Å². The molecule has 0 bridgehead atoms. The highest BCUT2D eigenvalue weighted by Crippen LogP contribution is 2.20. The molecule has 5 rings (SSSR count). The van der Waals surface area contributed by atoms with Crippen molar-refractivity contribution >= 4 is 23.2 Å². The Hall–Kier alpha value is -3.43. The lowest BCUT2D eigenvalue weighted by atomic mass is 10.1. The fourth-order valence-electron chi connectivity index (χ4n) is 4.12. The molecule has 1 atom stereocenters. The van der Waals surface area contributed by atoms with E-state index in [1.807, 2.05) is 49.7 Å². The second-order valence-electron chi connectivity index (χ2n) is 8.09. The van der Waals surface area contributed by atoms with Crippen LogP contribution in [0.15, 0.2) is 59.7 Å². The number of carbonyl (C=O) groups excluding carboxylic acids is 1. The molecule has 160 valence electrons. The van der Waals surface area contributed by atoms with Gasteiger partial charge < -0.3 is 15.5 Å². The van der Waals surface area contributed by atoms with Crippen molar-refractivity contribution in [2.24, 2.45) is 4.99 Å². The lowest BCUT2D eigenvalue weighted by molar-refractivity contribution is -0.698. The molecular weight excluding hydrogens is 392 g/mol. The number of piperidine rings is 1. The van der Waals surface area contributed by atoms with Gasteiger partial charge in [-0.25, -0.2) is 9.89 Å². The lowest BCUT2D eigenvalue weighted by Gasteiger charge is -2.29. The third-order valence-corrected chi connectivity index (χ3v) is 5.76. The molecule has 9 heteroatoms. The molecule has 31 heavy (non-hydrogen) atoms. The number of quaternary nitrogens is 1. The van der Waals surface area contributed by atoms with Crippen molar-refractivity contribution < 1.29 is 9.69 Å². The molecule has 9 nitrogen and oxygen atoms in total. The van der Waals surface area contributed by atoms with Crippen molar-refractivity contribution in [3.05, 3.63) is 66.0 Å². The quantitative estimate of drug-likeness (QED) is 0.491. The van der Waals surface area contributed by atoms with Crippen LogP contribution >= 0.6 is 0 Å². The minimum absolute atomic E-state index is 0.0211. The monoisotopic (exact) mass is 419 g/mol. The largest absolute Gasteiger partial charge is 0.349 e. The standard InChI is InChI=1S/C22H26N8O/c1-15-11-19(28-27-15)26-21-14-29(13-20-24-9-10-30(20)21)18-4-2-3-16(12-18)22(31)25-17-5-7-23-8-6-17/h2-4,9-12,14,17,23H,5-8,13H2,1H3,(H,25,31)(H2,26,27,28)/p+1. The van der Waals surface area contributed by atoms with Crippen molar-refractivity contribution in [1.82, 2.24) is 20.8 Å². The molecule has 3 aliphatic rings. The van der Waals surface area contributed by atoms with Crippen LogP contribution in [0.5, 0.6) is 0 Å². The summed E-state index contributed by atoms with van der Waals surface area (Å²) >= 11 is 0. The Balaban J connectivity index is 1.37. The molecule has 1 saturated heterocycles. The van der Waals surface area contributed by atoms with Crippen LogP contribution in [0.1, 0.15) is 28.9 Å². The topological polar surface area (TPSA) is 102 Å². The van der Waals surface area contributed by atoms with Gasteiger partial charge in [-0.1, -0.05) is 6.07 Å². The van der Waals surface area contributed by atoms with E-state index in [2.05, 4.69) is 42.2 Å². The predicted molar refractivity (Wildman–Crippen MR) is 120 cm³/mol. The number of benzene rings is 1. The van der Waals surface area contributed by atoms with E-state index < -0.39 is 0 Å². The van der Waals surface area contributed by atoms with Crippen molar-refractivity contribution in [2.75, 3.05) is 29.9 Å². The zero-order valence-electron chi connectivity index (χ0n) is 17.5. The Morgan fingerprint density at radius 3 is 2.94 bits per heavy atom. The maximum absolute atomic E-state index is 12.8. The molecule has 1 unspecified atom stereocenters. The number of fused-ring (bicyclic) bond motifs is 1. The minimum atomic E-state index is -0.0211. The average molecular weight is 420 g/mol. The number of aliphatic imine (C=N–C) groups is 1. The third-order valence-electron chi connectivity index (χ3n) is 5.76. The zero-order valence-corrected chi connectivity index (χ0v) is 17.5. The molecule has 1 fully saturated rings. The zero-order chi connectivity index (χ0) is 21.2. The average Bonchev–Trinajstić information content (AvgIpc) is 3.43. The first-order valence-electron chi connectivity index (χ1n) is 10.7. The SMILES string of the molecule is Cc1cc(NC2=CN(c3cccc(C(=O)NC4CCNCC4)c3)CC3=NC=C[NH+]23)n[nH]1. The van der Waals surface area contributed by atoms with Crippen LogP contribution < -0.4 is 25.8 Å². The smallest absolute Gasteiger partial charge is 0.251 e. The van der Waals surface area contributed by atoms with Gasteiger partial charge in [-0.2, -0.15) is 5.10 Å². The summed E-state index contributed by atoms with van der Waals surface area (Å²) in [5.74, 6) is 2.65. The van der Waals surface area contributed by atoms with E-state index in [9.17, 15) is 4.79 Å². The molecule has 0 saturated carbocycles. The van der Waals surface area contributed by atoms with Crippen LogP contribution in [0, 0.1) is 6.92 Å². The molecule has 1 aromatic carbocycles. The first kappa shape index (κ1) is 19.5. The molecular formula is C22H27N8O+. The molecule has 1 amide bonds. The van der Waals surface area contributed by atoms with Crippen molar-refractivity contribution in [2.45, 2.75) is 25.8 Å². The highest BCUT2D eigenvalue weighted by Gasteiger charge is 2.32. The summed E-state index contributed by atoms with van der Waals surface area (Å²) in [5.41, 5.74) is 2.61. The van der Waals surface area contributed by atoms with Crippen LogP contribution in [0.25, 0.3) is 0 Å². The van der Waals surface area contributed by atoms with Crippen LogP contribution in [0.3, 0.4) is 0 Å². The van der Waals surface area contributed by atoms with Gasteiger partial charge in [-0.05, 0) is 51.1 Å². The summed E-state index contributed by atoms with van der Waals surface area (Å²) in [6.07, 6.45) is 7.81. The number of amides is 1. The van der Waals surface area contributed by atoms with Crippen LogP contribution in [0.4, 0.5) is 11.5 Å². The molecule has 0 spiro atoms. The van der Waals surface area contributed by atoms with Crippen molar-refractivity contribution in [3.63, 3.8) is 0 Å². The molecule has 0 radical (unpaired) electrons. The van der Waals surface area contributed by atoms with E-state index in [0.29, 0.717) is 12.1 Å². The highest BCUT2D eigenvalue weighted by molar-refractivity contribution is 5.95. The fraction of sp³-hybridized carbons (Fsp3) is 0.318. The lowest BCUT2D eigenvalue weighted by Crippen LogP contribution is -3.10. The van der Waals surface area contributed by atoms with E-state index in [-0.39, 0.29) is 11.9 Å². The molecule has 3 aliphatic heterocycles. The normalized spacial score (nSPS) is 20.8. The van der Waals surface area contributed by atoms with Gasteiger partial charge in [0, 0.05) is 29.1 Å². The van der Waals surface area contributed by atoms with Crippen molar-refractivity contribution in [1.29, 1.82) is 0 Å². The second kappa shape index (κ2) is 8.37. The summed E-state index contributed by atoms with van der Waals surface area (Å²) in [6, 6.07) is 9.95. The van der Waals surface area contributed by atoms with Crippen molar-refractivity contribution in [3.8, 4) is 0 Å². The van der Waals surface area contributed by atoms with Gasteiger partial charge in [0.2, 0.25) is 11.7 Å². The molecule has 5 N–H and O–H groups in total. The first-order chi connectivity index (χ1) is 15.2. The summed E-state index contributed by atoms with van der Waals surface area (Å²) in [4.78, 5) is 20.5. The number of nitrogens with zero attached hydrogens (tertiary/aromatic N) is 3. The number of aryl methyl sites for hydroxylation is 1. The number of hydrogen-bond donors (Lipinski definition) is 5. The van der Waals surface area contributed by atoms with Crippen LogP contribution in [0.2, 0.25) is 0 Å². The predicted octanol–water partition coefficient (Wildman–Crippen LogP) is 0.699. The number of anilines is 2. The summed E-state index contributed by atoms with van der Waals surface area (Å²) in [6.45, 7) is 4.51. The molecule has 2 aromatic rings.